The number of hydrogen-bond donors (Lipinski definition) is 1. The molecule has 55 heavy (non-hydrogen) atoms. The van der Waals surface area contributed by atoms with E-state index in [4.69, 9.17) is 17.9 Å². The molecule has 0 unspecified atom stereocenters. The normalized spacial score (nSPS) is 11.0. The van der Waals surface area contributed by atoms with Crippen molar-refractivity contribution in [1.29, 1.82) is 0 Å². The van der Waals surface area contributed by atoms with Crippen LogP contribution in [0.5, 0.6) is 11.6 Å². The molecule has 8 nitrogen and oxygen atoms in total. The van der Waals surface area contributed by atoms with Crippen LogP contribution in [0.2, 0.25) is 0 Å². The maximum Gasteiger partial charge on any atom is 0.416 e. The Balaban J connectivity index is 0.000000204. The molecule has 284 valence electrons. The maximum absolute atomic E-state index is 13.7. The second-order valence-electron chi connectivity index (χ2n) is 11.2. The van der Waals surface area contributed by atoms with Crippen LogP contribution in [0.1, 0.15) is 25.0 Å². The highest BCUT2D eigenvalue weighted by Crippen LogP contribution is 2.34. The Bertz CT molecular complexity index is 2380. The molecule has 1 N–H and O–H groups in total. The molecule has 0 fully saturated rings. The SMILES string of the molecule is Fc1ccc(C(F)(F)F)cc1.[C-]#[N+]c1cc(F)cc(-c2cc(=O)n(CC)[nH]2)c1.[C-]#[N+]c1cc(F)cc(-c2cc(Oc3ccc(C(F)(F)F)cc3)n(CC)n2)c1. The lowest BCUT2D eigenvalue weighted by Gasteiger charge is -2.09. The number of aromatic nitrogens is 4. The van der Waals surface area contributed by atoms with E-state index in [2.05, 4.69) is 19.9 Å². The molecule has 0 radical (unpaired) electrons. The van der Waals surface area contributed by atoms with Crippen molar-refractivity contribution in [3.8, 4) is 34.1 Å². The summed E-state index contributed by atoms with van der Waals surface area (Å²) in [6, 6.07) is 18.1. The Morgan fingerprint density at radius 2 is 1.18 bits per heavy atom. The van der Waals surface area contributed by atoms with Gasteiger partial charge in [-0.25, -0.2) is 27.5 Å². The zero-order chi connectivity index (χ0) is 40.5. The monoisotopic (exact) mass is 770 g/mol. The van der Waals surface area contributed by atoms with Crippen LogP contribution in [-0.4, -0.2) is 19.6 Å². The first-order chi connectivity index (χ1) is 25.9. The number of aromatic amines is 1. The van der Waals surface area contributed by atoms with Gasteiger partial charge in [0.1, 0.15) is 23.2 Å². The predicted octanol–water partition coefficient (Wildman–Crippen LogP) is 11.5. The summed E-state index contributed by atoms with van der Waals surface area (Å²) in [4.78, 5) is 17.9. The number of halogens is 9. The minimum absolute atomic E-state index is 0.140. The van der Waals surface area contributed by atoms with Crippen LogP contribution in [0.15, 0.2) is 102 Å². The van der Waals surface area contributed by atoms with Crippen molar-refractivity contribution in [2.75, 3.05) is 0 Å². The van der Waals surface area contributed by atoms with Crippen LogP contribution in [0.4, 0.5) is 50.9 Å². The molecule has 0 saturated heterocycles. The van der Waals surface area contributed by atoms with E-state index in [1.807, 2.05) is 13.8 Å². The van der Waals surface area contributed by atoms with Gasteiger partial charge in [-0.3, -0.25) is 14.6 Å². The van der Waals surface area contributed by atoms with E-state index >= 15 is 0 Å². The largest absolute Gasteiger partial charge is 0.439 e. The fourth-order valence-electron chi connectivity index (χ4n) is 4.72. The van der Waals surface area contributed by atoms with Gasteiger partial charge in [0.05, 0.1) is 35.7 Å². The number of nitrogens with one attached hydrogen (secondary N) is 1. The summed E-state index contributed by atoms with van der Waals surface area (Å²) >= 11 is 0. The second kappa shape index (κ2) is 17.4. The third kappa shape index (κ3) is 11.1. The van der Waals surface area contributed by atoms with Crippen LogP contribution < -0.4 is 10.3 Å². The molecule has 6 aromatic rings. The van der Waals surface area contributed by atoms with Crippen LogP contribution in [0.3, 0.4) is 0 Å². The molecule has 0 spiro atoms. The molecule has 0 amide bonds. The molecule has 6 rings (SSSR count). The first kappa shape index (κ1) is 41.0. The summed E-state index contributed by atoms with van der Waals surface area (Å²) in [5.41, 5.74) is 0.391. The molecule has 2 heterocycles. The van der Waals surface area contributed by atoms with Gasteiger partial charge in [-0.1, -0.05) is 0 Å². The molecule has 2 aromatic heterocycles. The van der Waals surface area contributed by atoms with Gasteiger partial charge in [-0.2, -0.15) is 31.4 Å². The summed E-state index contributed by atoms with van der Waals surface area (Å²) in [5, 5.41) is 7.17. The molecule has 0 saturated carbocycles. The van der Waals surface area contributed by atoms with Crippen LogP contribution in [0, 0.1) is 30.6 Å². The van der Waals surface area contributed by atoms with Crippen LogP contribution in [-0.2, 0) is 25.4 Å². The standard InChI is InChI=1S/C19H13F4N3O.C12H10FN3O.C7H4F4/c1-3-26-18(27-16-6-4-13(5-7-16)19(21,22)23)11-17(25-26)12-8-14(20)10-15(9-12)24-2;1-3-16-12(17)7-11(15-16)8-4-9(13)6-10(5-8)14-2;8-6-3-1-5(2-4-6)7(9,10)11/h4-11H,3H2,1H3;4-7,15H,3H2,1H3;1-4H. The van der Waals surface area contributed by atoms with Crippen molar-refractivity contribution in [2.24, 2.45) is 0 Å². The molecular formula is C38H27F9N6O2. The van der Waals surface area contributed by atoms with E-state index < -0.39 is 40.9 Å². The molecule has 0 aliphatic rings. The van der Waals surface area contributed by atoms with E-state index in [1.54, 1.807) is 12.1 Å². The van der Waals surface area contributed by atoms with Gasteiger partial charge in [0.25, 0.3) is 5.56 Å². The minimum Gasteiger partial charge on any atom is -0.439 e. The lowest BCUT2D eigenvalue weighted by atomic mass is 10.1. The lowest BCUT2D eigenvalue weighted by molar-refractivity contribution is -0.138. The number of H-pyrrole nitrogens is 1. The number of hydrogen-bond acceptors (Lipinski definition) is 3. The summed E-state index contributed by atoms with van der Waals surface area (Å²) in [5.74, 6) is -1.21. The average molecular weight is 771 g/mol. The number of aryl methyl sites for hydroxylation is 2. The highest BCUT2D eigenvalue weighted by Gasteiger charge is 2.30. The van der Waals surface area contributed by atoms with Crippen molar-refractivity contribution < 1.29 is 44.3 Å². The number of nitrogens with zero attached hydrogens (tertiary/aromatic N) is 5. The summed E-state index contributed by atoms with van der Waals surface area (Å²) in [7, 11) is 0. The molecule has 17 heteroatoms. The Morgan fingerprint density at radius 1 is 0.673 bits per heavy atom. The maximum atomic E-state index is 13.7. The zero-order valence-corrected chi connectivity index (χ0v) is 28.6. The van der Waals surface area contributed by atoms with E-state index in [0.717, 1.165) is 36.4 Å². The van der Waals surface area contributed by atoms with Crippen molar-refractivity contribution in [3.05, 3.63) is 159 Å². The highest BCUT2D eigenvalue weighted by atomic mass is 19.4. The molecule has 0 aliphatic carbocycles. The summed E-state index contributed by atoms with van der Waals surface area (Å²) < 4.78 is 121. The number of benzene rings is 4. The predicted molar refractivity (Wildman–Crippen MR) is 185 cm³/mol. The third-order valence-corrected chi connectivity index (χ3v) is 7.35. The summed E-state index contributed by atoms with van der Waals surface area (Å²) in [6.45, 7) is 18.5. The Hall–Kier alpha value is -6.75. The van der Waals surface area contributed by atoms with Crippen molar-refractivity contribution in [3.63, 3.8) is 0 Å². The van der Waals surface area contributed by atoms with Gasteiger partial charge in [-0.05, 0) is 110 Å². The van der Waals surface area contributed by atoms with E-state index in [9.17, 15) is 44.3 Å². The Kier molecular flexibility index (Phi) is 13.0. The van der Waals surface area contributed by atoms with Gasteiger partial charge in [-0.15, -0.1) is 0 Å². The number of rotatable bonds is 6. The fraction of sp³-hybridized carbons (Fsp3) is 0.158. The van der Waals surface area contributed by atoms with Gasteiger partial charge in [0.15, 0.2) is 11.4 Å². The topological polar surface area (TPSA) is 73.6 Å². The number of alkyl halides is 6. The molecule has 0 atom stereocenters. The van der Waals surface area contributed by atoms with E-state index in [1.165, 1.54) is 45.8 Å². The molecule has 0 bridgehead atoms. The highest BCUT2D eigenvalue weighted by molar-refractivity contribution is 5.67. The van der Waals surface area contributed by atoms with E-state index in [0.29, 0.717) is 53.6 Å². The first-order valence-electron chi connectivity index (χ1n) is 15.9. The van der Waals surface area contributed by atoms with E-state index in [-0.39, 0.29) is 22.7 Å². The molecule has 4 aromatic carbocycles. The smallest absolute Gasteiger partial charge is 0.416 e. The fourth-order valence-corrected chi connectivity index (χ4v) is 4.72. The van der Waals surface area contributed by atoms with Gasteiger partial charge >= 0.3 is 12.4 Å². The second-order valence-corrected chi connectivity index (χ2v) is 11.2. The Morgan fingerprint density at radius 3 is 1.65 bits per heavy atom. The van der Waals surface area contributed by atoms with Crippen molar-refractivity contribution >= 4 is 11.4 Å². The lowest BCUT2D eigenvalue weighted by Crippen LogP contribution is -2.13. The molecular weight excluding hydrogens is 743 g/mol. The first-order valence-corrected chi connectivity index (χ1v) is 15.9. The van der Waals surface area contributed by atoms with Crippen LogP contribution >= 0.6 is 0 Å². The average Bonchev–Trinajstić information content (AvgIpc) is 3.74. The minimum atomic E-state index is -4.42. The van der Waals surface area contributed by atoms with Crippen molar-refractivity contribution in [2.45, 2.75) is 39.3 Å². The van der Waals surface area contributed by atoms with Gasteiger partial charge in [0, 0.05) is 25.2 Å². The zero-order valence-electron chi connectivity index (χ0n) is 28.6. The Labute approximate surface area is 307 Å². The van der Waals surface area contributed by atoms with Gasteiger partial charge < -0.3 is 4.74 Å². The summed E-state index contributed by atoms with van der Waals surface area (Å²) in [6.07, 6.45) is -8.80. The number of ether oxygens (including phenoxy) is 1. The quantitative estimate of drug-likeness (QED) is 0.135. The van der Waals surface area contributed by atoms with Crippen LogP contribution in [0.25, 0.3) is 32.2 Å². The third-order valence-electron chi connectivity index (χ3n) is 7.35. The molecule has 0 aliphatic heterocycles. The van der Waals surface area contributed by atoms with Crippen molar-refractivity contribution in [1.82, 2.24) is 19.6 Å². The van der Waals surface area contributed by atoms with Gasteiger partial charge in [0.2, 0.25) is 5.88 Å².